The molecule has 2 rings (SSSR count). The number of rotatable bonds is 3. The van der Waals surface area contributed by atoms with E-state index in [1.165, 1.54) is 10.5 Å². The molecule has 8 heteroatoms. The van der Waals surface area contributed by atoms with Gasteiger partial charge in [-0.25, -0.2) is 13.4 Å². The molecule has 1 aromatic rings. The summed E-state index contributed by atoms with van der Waals surface area (Å²) < 4.78 is 30.9. The monoisotopic (exact) mass is 270 g/mol. The topological polar surface area (TPSA) is 99.1 Å². The number of hydrogen-bond acceptors (Lipinski definition) is 5. The molecule has 98 valence electrons. The van der Waals surface area contributed by atoms with Gasteiger partial charge in [-0.1, -0.05) is 6.92 Å². The quantitative estimate of drug-likeness (QED) is 0.825. The lowest BCUT2D eigenvalue weighted by molar-refractivity contribution is 0.0310. The van der Waals surface area contributed by atoms with Crippen molar-refractivity contribution in [1.82, 2.24) is 14.3 Å². The molecule has 18 heavy (non-hydrogen) atoms. The molecule has 7 nitrogen and oxygen atoms in total. The smallest absolute Gasteiger partial charge is 0.260 e. The van der Waals surface area contributed by atoms with E-state index in [0.717, 1.165) is 0 Å². The Morgan fingerprint density at radius 1 is 1.72 bits per heavy atom. The molecular weight excluding hydrogens is 256 g/mol. The molecule has 1 N–H and O–H groups in total. The van der Waals surface area contributed by atoms with Crippen LogP contribution in [0.1, 0.15) is 12.7 Å². The highest BCUT2D eigenvalue weighted by Gasteiger charge is 2.31. The SMILES string of the molecule is CCc1ncc(S(=O)(=O)N2CCOC(C#N)C2)[nH]1. The first-order valence-corrected chi connectivity index (χ1v) is 7.07. The summed E-state index contributed by atoms with van der Waals surface area (Å²) >= 11 is 0. The van der Waals surface area contributed by atoms with E-state index in [1.54, 1.807) is 0 Å². The molecule has 1 fully saturated rings. The van der Waals surface area contributed by atoms with Crippen molar-refractivity contribution in [1.29, 1.82) is 5.26 Å². The van der Waals surface area contributed by atoms with Crippen molar-refractivity contribution in [2.24, 2.45) is 0 Å². The largest absolute Gasteiger partial charge is 0.361 e. The van der Waals surface area contributed by atoms with Gasteiger partial charge in [-0.3, -0.25) is 0 Å². The highest BCUT2D eigenvalue weighted by molar-refractivity contribution is 7.89. The number of nitrogens with one attached hydrogen (secondary N) is 1. The maximum Gasteiger partial charge on any atom is 0.260 e. The Balaban J connectivity index is 2.23. The van der Waals surface area contributed by atoms with Crippen molar-refractivity contribution < 1.29 is 13.2 Å². The van der Waals surface area contributed by atoms with Crippen LogP contribution in [0.4, 0.5) is 0 Å². The van der Waals surface area contributed by atoms with Crippen LogP contribution < -0.4 is 0 Å². The molecule has 0 saturated carbocycles. The van der Waals surface area contributed by atoms with E-state index >= 15 is 0 Å². The molecule has 1 unspecified atom stereocenters. The summed E-state index contributed by atoms with van der Waals surface area (Å²) in [6.07, 6.45) is 1.24. The van der Waals surface area contributed by atoms with Gasteiger partial charge in [0.05, 0.1) is 25.4 Å². The Labute approximate surface area is 105 Å². The number of H-pyrrole nitrogens is 1. The second-order valence-electron chi connectivity index (χ2n) is 3.90. The van der Waals surface area contributed by atoms with Crippen LogP contribution in [0.2, 0.25) is 0 Å². The molecular formula is C10H14N4O3S. The third-order valence-electron chi connectivity index (χ3n) is 2.73. The van der Waals surface area contributed by atoms with Crippen LogP contribution in [0.25, 0.3) is 0 Å². The maximum atomic E-state index is 12.3. The Kier molecular flexibility index (Phi) is 3.65. The zero-order valence-electron chi connectivity index (χ0n) is 9.96. The predicted octanol–water partition coefficient (Wildman–Crippen LogP) is -0.115. The molecule has 0 spiro atoms. The number of aryl methyl sites for hydroxylation is 1. The van der Waals surface area contributed by atoms with Gasteiger partial charge >= 0.3 is 0 Å². The van der Waals surface area contributed by atoms with Crippen LogP contribution in [0.15, 0.2) is 11.2 Å². The van der Waals surface area contributed by atoms with E-state index in [9.17, 15) is 8.42 Å². The molecule has 0 aromatic carbocycles. The van der Waals surface area contributed by atoms with E-state index < -0.39 is 16.1 Å². The number of sulfonamides is 1. The molecule has 1 atom stereocenters. The molecule has 2 heterocycles. The first kappa shape index (κ1) is 13.0. The zero-order chi connectivity index (χ0) is 13.2. The molecule has 1 aromatic heterocycles. The van der Waals surface area contributed by atoms with Crippen LogP contribution in [0.3, 0.4) is 0 Å². The summed E-state index contributed by atoms with van der Waals surface area (Å²) in [6.45, 7) is 2.42. The van der Waals surface area contributed by atoms with Gasteiger partial charge in [0, 0.05) is 13.0 Å². The van der Waals surface area contributed by atoms with Crippen molar-refractivity contribution in [3.05, 3.63) is 12.0 Å². The number of aromatic amines is 1. The molecule has 0 radical (unpaired) electrons. The standard InChI is InChI=1S/C10H14N4O3S/c1-2-9-12-6-10(13-9)18(15,16)14-3-4-17-8(5-11)7-14/h6,8H,2-4,7H2,1H3,(H,12,13). The molecule has 1 saturated heterocycles. The summed E-state index contributed by atoms with van der Waals surface area (Å²) in [5.74, 6) is 0.624. The van der Waals surface area contributed by atoms with E-state index in [1.807, 2.05) is 13.0 Å². The Morgan fingerprint density at radius 3 is 3.11 bits per heavy atom. The maximum absolute atomic E-state index is 12.3. The van der Waals surface area contributed by atoms with Gasteiger partial charge in [0.25, 0.3) is 10.0 Å². The van der Waals surface area contributed by atoms with E-state index in [-0.39, 0.29) is 24.7 Å². The average Bonchev–Trinajstić information content (AvgIpc) is 2.88. The number of nitrogens with zero attached hydrogens (tertiary/aromatic N) is 3. The van der Waals surface area contributed by atoms with Crippen LogP contribution in [0.5, 0.6) is 0 Å². The number of nitriles is 1. The molecule has 1 aliphatic heterocycles. The highest BCUT2D eigenvalue weighted by atomic mass is 32.2. The van der Waals surface area contributed by atoms with Crippen molar-refractivity contribution >= 4 is 10.0 Å². The second-order valence-corrected chi connectivity index (χ2v) is 5.81. The van der Waals surface area contributed by atoms with Gasteiger partial charge in [0.2, 0.25) is 0 Å². The lowest BCUT2D eigenvalue weighted by atomic mass is 10.3. The predicted molar refractivity (Wildman–Crippen MR) is 62.1 cm³/mol. The first-order chi connectivity index (χ1) is 8.57. The first-order valence-electron chi connectivity index (χ1n) is 5.63. The lowest BCUT2D eigenvalue weighted by Gasteiger charge is -2.28. The minimum atomic E-state index is -3.61. The van der Waals surface area contributed by atoms with Gasteiger partial charge in [-0.05, 0) is 0 Å². The lowest BCUT2D eigenvalue weighted by Crippen LogP contribution is -2.45. The Bertz CT molecular complexity index is 560. The van der Waals surface area contributed by atoms with E-state index in [2.05, 4.69) is 9.97 Å². The summed E-state index contributed by atoms with van der Waals surface area (Å²) in [4.78, 5) is 6.75. The third-order valence-corrected chi connectivity index (χ3v) is 4.51. The minimum absolute atomic E-state index is 0.0549. The molecule has 0 amide bonds. The normalized spacial score (nSPS) is 21.7. The van der Waals surface area contributed by atoms with E-state index in [4.69, 9.17) is 10.00 Å². The third kappa shape index (κ3) is 2.38. The van der Waals surface area contributed by atoms with Crippen molar-refractivity contribution in [2.45, 2.75) is 24.5 Å². The van der Waals surface area contributed by atoms with Gasteiger partial charge in [0.15, 0.2) is 11.1 Å². The fourth-order valence-corrected chi connectivity index (χ4v) is 3.07. The number of imidazole rings is 1. The van der Waals surface area contributed by atoms with Crippen LogP contribution in [-0.2, 0) is 21.2 Å². The molecule has 1 aliphatic rings. The number of ether oxygens (including phenoxy) is 1. The summed E-state index contributed by atoms with van der Waals surface area (Å²) in [6, 6.07) is 1.92. The fourth-order valence-electron chi connectivity index (χ4n) is 1.72. The highest BCUT2D eigenvalue weighted by Crippen LogP contribution is 2.17. The summed E-state index contributed by atoms with van der Waals surface area (Å²) in [7, 11) is -3.61. The Morgan fingerprint density at radius 2 is 2.50 bits per heavy atom. The van der Waals surface area contributed by atoms with Crippen molar-refractivity contribution in [3.8, 4) is 6.07 Å². The van der Waals surface area contributed by atoms with Gasteiger partial charge < -0.3 is 9.72 Å². The molecule has 0 aliphatic carbocycles. The van der Waals surface area contributed by atoms with Crippen molar-refractivity contribution in [3.63, 3.8) is 0 Å². The van der Waals surface area contributed by atoms with E-state index in [0.29, 0.717) is 12.2 Å². The van der Waals surface area contributed by atoms with Crippen LogP contribution >= 0.6 is 0 Å². The number of aromatic nitrogens is 2. The van der Waals surface area contributed by atoms with Crippen molar-refractivity contribution in [2.75, 3.05) is 19.7 Å². The molecule has 0 bridgehead atoms. The van der Waals surface area contributed by atoms with Gasteiger partial charge in [-0.15, -0.1) is 0 Å². The summed E-state index contributed by atoms with van der Waals surface area (Å²) in [5, 5.41) is 8.84. The van der Waals surface area contributed by atoms with Gasteiger partial charge in [0.1, 0.15) is 5.82 Å². The van der Waals surface area contributed by atoms with Crippen LogP contribution in [0, 0.1) is 11.3 Å². The number of morpholine rings is 1. The number of hydrogen-bond donors (Lipinski definition) is 1. The average molecular weight is 270 g/mol. The fraction of sp³-hybridized carbons (Fsp3) is 0.600. The van der Waals surface area contributed by atoms with Crippen LogP contribution in [-0.4, -0.2) is 48.5 Å². The minimum Gasteiger partial charge on any atom is -0.361 e. The second kappa shape index (κ2) is 5.06. The van der Waals surface area contributed by atoms with Gasteiger partial charge in [-0.2, -0.15) is 9.57 Å². The Hall–Kier alpha value is -1.43. The summed E-state index contributed by atoms with van der Waals surface area (Å²) in [5.41, 5.74) is 0. The zero-order valence-corrected chi connectivity index (χ0v) is 10.8.